The molecule has 0 aromatic carbocycles. The summed E-state index contributed by atoms with van der Waals surface area (Å²) in [6.45, 7) is 8.22. The minimum absolute atomic E-state index is 0.0156. The molecule has 1 atom stereocenters. The SMILES string of the molecule is CC(C)CC1N=C(NC(C)C)NC1=O. The lowest BCUT2D eigenvalue weighted by molar-refractivity contribution is -0.120. The fourth-order valence-electron chi connectivity index (χ4n) is 1.40. The van der Waals surface area contributed by atoms with Crippen molar-refractivity contribution < 1.29 is 4.79 Å². The molecule has 0 aromatic heterocycles. The van der Waals surface area contributed by atoms with Crippen LogP contribution >= 0.6 is 0 Å². The van der Waals surface area contributed by atoms with Crippen molar-refractivity contribution >= 4 is 11.9 Å². The van der Waals surface area contributed by atoms with Gasteiger partial charge in [-0.25, -0.2) is 4.99 Å². The van der Waals surface area contributed by atoms with Crippen molar-refractivity contribution in [2.75, 3.05) is 0 Å². The molecule has 1 heterocycles. The van der Waals surface area contributed by atoms with Crippen LogP contribution in [-0.4, -0.2) is 24.0 Å². The van der Waals surface area contributed by atoms with Crippen LogP contribution < -0.4 is 10.6 Å². The van der Waals surface area contributed by atoms with E-state index in [9.17, 15) is 4.79 Å². The molecular weight excluding hydrogens is 178 g/mol. The third kappa shape index (κ3) is 3.01. The maximum atomic E-state index is 11.4. The Morgan fingerprint density at radius 2 is 2.07 bits per heavy atom. The highest BCUT2D eigenvalue weighted by Crippen LogP contribution is 2.11. The van der Waals surface area contributed by atoms with E-state index in [1.54, 1.807) is 0 Å². The summed E-state index contributed by atoms with van der Waals surface area (Å²) >= 11 is 0. The first kappa shape index (κ1) is 11.0. The quantitative estimate of drug-likeness (QED) is 0.706. The van der Waals surface area contributed by atoms with Gasteiger partial charge in [-0.3, -0.25) is 10.1 Å². The smallest absolute Gasteiger partial charge is 0.251 e. The molecule has 0 spiro atoms. The summed E-state index contributed by atoms with van der Waals surface area (Å²) in [6, 6.07) is 0.100. The van der Waals surface area contributed by atoms with E-state index < -0.39 is 0 Å². The maximum absolute atomic E-state index is 11.4. The van der Waals surface area contributed by atoms with Gasteiger partial charge in [0.25, 0.3) is 5.91 Å². The average Bonchev–Trinajstić information content (AvgIpc) is 2.28. The molecule has 0 aromatic rings. The Morgan fingerprint density at radius 3 is 2.57 bits per heavy atom. The van der Waals surface area contributed by atoms with Crippen molar-refractivity contribution in [3.63, 3.8) is 0 Å². The molecule has 0 radical (unpaired) electrons. The number of rotatable bonds is 3. The van der Waals surface area contributed by atoms with Gasteiger partial charge in [0, 0.05) is 6.04 Å². The molecule has 1 amide bonds. The van der Waals surface area contributed by atoms with E-state index in [0.717, 1.165) is 6.42 Å². The largest absolute Gasteiger partial charge is 0.354 e. The van der Waals surface area contributed by atoms with Gasteiger partial charge in [-0.05, 0) is 26.2 Å². The molecular formula is C10H19N3O. The number of nitrogens with zero attached hydrogens (tertiary/aromatic N) is 1. The molecule has 2 N–H and O–H groups in total. The van der Waals surface area contributed by atoms with Crippen LogP contribution in [0.3, 0.4) is 0 Å². The summed E-state index contributed by atoms with van der Waals surface area (Å²) in [6.07, 6.45) is 0.815. The zero-order valence-corrected chi connectivity index (χ0v) is 9.29. The number of hydrogen-bond acceptors (Lipinski definition) is 3. The molecule has 0 bridgehead atoms. The lowest BCUT2D eigenvalue weighted by atomic mass is 10.0. The average molecular weight is 197 g/mol. The Kier molecular flexibility index (Phi) is 3.49. The van der Waals surface area contributed by atoms with Crippen molar-refractivity contribution in [3.05, 3.63) is 0 Å². The van der Waals surface area contributed by atoms with Gasteiger partial charge in [-0.2, -0.15) is 0 Å². The molecule has 0 saturated carbocycles. The summed E-state index contributed by atoms with van der Waals surface area (Å²) in [5.41, 5.74) is 0. The van der Waals surface area contributed by atoms with Gasteiger partial charge in [0.2, 0.25) is 0 Å². The van der Waals surface area contributed by atoms with E-state index in [-0.39, 0.29) is 11.9 Å². The molecule has 4 nitrogen and oxygen atoms in total. The topological polar surface area (TPSA) is 53.5 Å². The number of carbonyl (C=O) groups excluding carboxylic acids is 1. The lowest BCUT2D eigenvalue weighted by Crippen LogP contribution is -2.40. The van der Waals surface area contributed by atoms with E-state index in [2.05, 4.69) is 29.5 Å². The van der Waals surface area contributed by atoms with Crippen molar-refractivity contribution in [2.45, 2.75) is 46.2 Å². The zero-order valence-electron chi connectivity index (χ0n) is 9.29. The fraction of sp³-hybridized carbons (Fsp3) is 0.800. The molecule has 80 valence electrons. The normalized spacial score (nSPS) is 21.4. The second kappa shape index (κ2) is 4.44. The maximum Gasteiger partial charge on any atom is 0.251 e. The van der Waals surface area contributed by atoms with E-state index in [0.29, 0.717) is 17.9 Å². The highest BCUT2D eigenvalue weighted by atomic mass is 16.2. The Bertz CT molecular complexity index is 246. The molecule has 0 aliphatic carbocycles. The van der Waals surface area contributed by atoms with Crippen LogP contribution in [0.1, 0.15) is 34.1 Å². The monoisotopic (exact) mass is 197 g/mol. The molecule has 1 aliphatic rings. The number of hydrogen-bond donors (Lipinski definition) is 2. The Labute approximate surface area is 85.2 Å². The van der Waals surface area contributed by atoms with Crippen LogP contribution in [-0.2, 0) is 4.79 Å². The zero-order chi connectivity index (χ0) is 10.7. The fourth-order valence-corrected chi connectivity index (χ4v) is 1.40. The molecule has 1 aliphatic heterocycles. The van der Waals surface area contributed by atoms with Gasteiger partial charge in [-0.1, -0.05) is 13.8 Å². The molecule has 1 rings (SSSR count). The van der Waals surface area contributed by atoms with Crippen LogP contribution in [0.15, 0.2) is 4.99 Å². The lowest BCUT2D eigenvalue weighted by Gasteiger charge is -2.07. The van der Waals surface area contributed by atoms with Crippen molar-refractivity contribution in [1.29, 1.82) is 0 Å². The number of amides is 1. The van der Waals surface area contributed by atoms with Crippen molar-refractivity contribution in [3.8, 4) is 0 Å². The van der Waals surface area contributed by atoms with Gasteiger partial charge in [0.15, 0.2) is 5.96 Å². The number of carbonyl (C=O) groups is 1. The standard InChI is InChI=1S/C10H19N3O/c1-6(2)5-8-9(14)13-10(12-8)11-7(3)4/h6-8H,5H2,1-4H3,(H2,11,12,13,14). The second-order valence-electron chi connectivity index (χ2n) is 4.41. The third-order valence-corrected chi connectivity index (χ3v) is 1.95. The summed E-state index contributed by atoms with van der Waals surface area (Å²) in [5.74, 6) is 1.13. The Morgan fingerprint density at radius 1 is 1.43 bits per heavy atom. The molecule has 0 fully saturated rings. The van der Waals surface area contributed by atoms with Crippen LogP contribution in [0, 0.1) is 5.92 Å². The first-order valence-corrected chi connectivity index (χ1v) is 5.14. The van der Waals surface area contributed by atoms with Crippen LogP contribution in [0.5, 0.6) is 0 Å². The number of nitrogens with one attached hydrogen (secondary N) is 2. The molecule has 4 heteroatoms. The van der Waals surface area contributed by atoms with Crippen LogP contribution in [0.4, 0.5) is 0 Å². The second-order valence-corrected chi connectivity index (χ2v) is 4.41. The predicted molar refractivity (Wildman–Crippen MR) is 57.1 cm³/mol. The van der Waals surface area contributed by atoms with Crippen molar-refractivity contribution in [1.82, 2.24) is 10.6 Å². The Balaban J connectivity index is 2.53. The van der Waals surface area contributed by atoms with Crippen molar-refractivity contribution in [2.24, 2.45) is 10.9 Å². The highest BCUT2D eigenvalue weighted by Gasteiger charge is 2.26. The number of guanidine groups is 1. The minimum atomic E-state index is -0.198. The van der Waals surface area contributed by atoms with E-state index in [1.807, 2.05) is 13.8 Å². The third-order valence-electron chi connectivity index (χ3n) is 1.95. The highest BCUT2D eigenvalue weighted by molar-refractivity contribution is 6.04. The molecule has 0 saturated heterocycles. The summed E-state index contributed by atoms with van der Waals surface area (Å²) in [4.78, 5) is 15.7. The van der Waals surface area contributed by atoms with Gasteiger partial charge in [-0.15, -0.1) is 0 Å². The van der Waals surface area contributed by atoms with Gasteiger partial charge < -0.3 is 5.32 Å². The van der Waals surface area contributed by atoms with Gasteiger partial charge >= 0.3 is 0 Å². The summed E-state index contributed by atoms with van der Waals surface area (Å²) in [5, 5.41) is 5.83. The first-order valence-electron chi connectivity index (χ1n) is 5.14. The van der Waals surface area contributed by atoms with Crippen LogP contribution in [0.2, 0.25) is 0 Å². The van der Waals surface area contributed by atoms with Gasteiger partial charge in [0.1, 0.15) is 6.04 Å². The van der Waals surface area contributed by atoms with Gasteiger partial charge in [0.05, 0.1) is 0 Å². The van der Waals surface area contributed by atoms with E-state index in [1.165, 1.54) is 0 Å². The minimum Gasteiger partial charge on any atom is -0.354 e. The molecule has 1 unspecified atom stereocenters. The predicted octanol–water partition coefficient (Wildman–Crippen LogP) is 0.885. The summed E-state index contributed by atoms with van der Waals surface area (Å²) in [7, 11) is 0. The van der Waals surface area contributed by atoms with E-state index in [4.69, 9.17) is 0 Å². The van der Waals surface area contributed by atoms with E-state index >= 15 is 0 Å². The Hall–Kier alpha value is -1.06. The van der Waals surface area contributed by atoms with Crippen LogP contribution in [0.25, 0.3) is 0 Å². The first-order chi connectivity index (χ1) is 6.49. The number of aliphatic imine (C=N–C) groups is 1. The summed E-state index contributed by atoms with van der Waals surface area (Å²) < 4.78 is 0. The molecule has 14 heavy (non-hydrogen) atoms.